The predicted molar refractivity (Wildman–Crippen MR) is 156 cm³/mol. The van der Waals surface area contributed by atoms with Gasteiger partial charge in [-0.05, 0) is 42.5 Å². The van der Waals surface area contributed by atoms with Gasteiger partial charge >= 0.3 is 0 Å². The van der Waals surface area contributed by atoms with E-state index in [0.717, 1.165) is 63.9 Å². The van der Waals surface area contributed by atoms with E-state index in [-0.39, 0.29) is 5.54 Å². The maximum Gasteiger partial charge on any atom is 0.205 e. The fraction of sp³-hybridized carbons (Fsp3) is 0.147. The van der Waals surface area contributed by atoms with Crippen molar-refractivity contribution in [2.45, 2.75) is 31.3 Å². The zero-order chi connectivity index (χ0) is 26.2. The highest BCUT2D eigenvalue weighted by Gasteiger charge is 2.34. The van der Waals surface area contributed by atoms with Crippen molar-refractivity contribution in [2.24, 2.45) is 5.73 Å². The molecule has 0 radical (unpaired) electrons. The molecule has 7 rings (SSSR count). The first kappa shape index (κ1) is 23.5. The van der Waals surface area contributed by atoms with Gasteiger partial charge in [-0.3, -0.25) is 4.98 Å². The zero-order valence-corrected chi connectivity index (χ0v) is 21.7. The first-order valence-electron chi connectivity index (χ1n) is 13.5. The molecule has 3 heterocycles. The van der Waals surface area contributed by atoms with Crippen LogP contribution < -0.4 is 10.4 Å². The smallest absolute Gasteiger partial charge is 0.205 e. The van der Waals surface area contributed by atoms with E-state index in [2.05, 4.69) is 101 Å². The van der Waals surface area contributed by atoms with Crippen LogP contribution in [0.3, 0.4) is 0 Å². The van der Waals surface area contributed by atoms with Crippen LogP contribution >= 0.6 is 0 Å². The number of H-pyrrole nitrogens is 1. The molecule has 3 aromatic heterocycles. The number of nitrogens with zero attached hydrogens (tertiary/aromatic N) is 3. The van der Waals surface area contributed by atoms with Crippen LogP contribution in [0.5, 0.6) is 0 Å². The van der Waals surface area contributed by atoms with Gasteiger partial charge in [-0.25, -0.2) is 4.98 Å². The summed E-state index contributed by atoms with van der Waals surface area (Å²) in [6.45, 7) is 0.779. The van der Waals surface area contributed by atoms with E-state index in [1.165, 1.54) is 17.5 Å². The highest BCUT2D eigenvalue weighted by Crippen LogP contribution is 2.40. The maximum atomic E-state index is 6.58. The quantitative estimate of drug-likeness (QED) is 0.248. The molecular weight excluding hydrogens is 478 g/mol. The summed E-state index contributed by atoms with van der Waals surface area (Å²) in [6, 6.07) is 34.0. The Kier molecular flexibility index (Phi) is 5.79. The summed E-state index contributed by atoms with van der Waals surface area (Å²) in [5.74, 6) is 0. The second kappa shape index (κ2) is 9.61. The molecule has 0 atom stereocenters. The van der Waals surface area contributed by atoms with E-state index in [1.54, 1.807) is 0 Å². The average molecular weight is 509 g/mol. The van der Waals surface area contributed by atoms with E-state index in [0.29, 0.717) is 0 Å². The second-order valence-electron chi connectivity index (χ2n) is 10.6. The van der Waals surface area contributed by atoms with Crippen molar-refractivity contribution in [2.75, 3.05) is 0 Å². The third-order valence-corrected chi connectivity index (χ3v) is 7.94. The standard InChI is InChI=1S/C34H29N5/c35-34(16-7-17-34)29-14-12-26(13-15-29)33-30(25-10-5-2-6-11-25)18-27-19-31(36-21-32(27)38-33)28-20-37-39(23-28)22-24-8-3-1-4-9-24/h1-6,8-15,18-21,23H,7,16-17,22,35H2/p+1. The van der Waals surface area contributed by atoms with E-state index < -0.39 is 0 Å². The molecule has 6 aromatic rings. The number of rotatable bonds is 6. The van der Waals surface area contributed by atoms with Crippen molar-refractivity contribution in [3.63, 3.8) is 0 Å². The summed E-state index contributed by atoms with van der Waals surface area (Å²) in [6.07, 6.45) is 9.30. The third-order valence-electron chi connectivity index (χ3n) is 7.94. The molecule has 1 aliphatic carbocycles. The molecule has 3 aromatic carbocycles. The van der Waals surface area contributed by atoms with Crippen molar-refractivity contribution in [1.29, 1.82) is 0 Å². The van der Waals surface area contributed by atoms with Gasteiger partial charge in [0.2, 0.25) is 6.20 Å². The molecular formula is C34H30N5+. The lowest BCUT2D eigenvalue weighted by molar-refractivity contribution is -0.742. The number of nitrogens with one attached hydrogen (secondary N) is 1. The number of hydrogen-bond donors (Lipinski definition) is 2. The van der Waals surface area contributed by atoms with Crippen molar-refractivity contribution in [3.05, 3.63) is 127 Å². The van der Waals surface area contributed by atoms with Crippen molar-refractivity contribution in [1.82, 2.24) is 15.1 Å². The van der Waals surface area contributed by atoms with Gasteiger partial charge in [0, 0.05) is 27.6 Å². The van der Waals surface area contributed by atoms with Crippen LogP contribution in [0.4, 0.5) is 0 Å². The summed E-state index contributed by atoms with van der Waals surface area (Å²) in [7, 11) is 0. The number of benzene rings is 3. The van der Waals surface area contributed by atoms with Crippen LogP contribution in [0.2, 0.25) is 0 Å². The first-order chi connectivity index (χ1) is 19.1. The number of nitrogens with two attached hydrogens (primary N) is 1. The largest absolute Gasteiger partial charge is 0.321 e. The molecule has 190 valence electrons. The highest BCUT2D eigenvalue weighted by atomic mass is 15.3. The summed E-state index contributed by atoms with van der Waals surface area (Å²) in [4.78, 5) is 9.92. The summed E-state index contributed by atoms with van der Waals surface area (Å²) >= 11 is 0. The molecule has 0 aliphatic heterocycles. The molecule has 0 bridgehead atoms. The Morgan fingerprint density at radius 2 is 1.56 bits per heavy atom. The molecule has 1 saturated carbocycles. The van der Waals surface area contributed by atoms with Gasteiger partial charge in [0.05, 0.1) is 34.9 Å². The average Bonchev–Trinajstić information content (AvgIpc) is 3.44. The monoisotopic (exact) mass is 508 g/mol. The van der Waals surface area contributed by atoms with E-state index >= 15 is 0 Å². The lowest BCUT2D eigenvalue weighted by atomic mass is 9.72. The Morgan fingerprint density at radius 1 is 0.821 bits per heavy atom. The number of pyridine rings is 2. The molecule has 5 heteroatoms. The van der Waals surface area contributed by atoms with Gasteiger partial charge in [0.1, 0.15) is 0 Å². The summed E-state index contributed by atoms with van der Waals surface area (Å²) < 4.78 is 2.08. The minimum Gasteiger partial charge on any atom is -0.321 e. The lowest BCUT2D eigenvalue weighted by Crippen LogP contribution is -2.43. The number of hydrogen-bond acceptors (Lipinski definition) is 3. The van der Waals surface area contributed by atoms with Gasteiger partial charge in [0.15, 0.2) is 6.54 Å². The Morgan fingerprint density at radius 3 is 2.28 bits per heavy atom. The van der Waals surface area contributed by atoms with Crippen LogP contribution in [-0.2, 0) is 12.1 Å². The zero-order valence-electron chi connectivity index (χ0n) is 21.7. The second-order valence-corrected chi connectivity index (χ2v) is 10.6. The van der Waals surface area contributed by atoms with Gasteiger partial charge in [-0.2, -0.15) is 5.10 Å². The van der Waals surface area contributed by atoms with Gasteiger partial charge < -0.3 is 5.73 Å². The Balaban J connectivity index is 1.27. The Labute approximate surface area is 228 Å². The van der Waals surface area contributed by atoms with Crippen LogP contribution in [0.1, 0.15) is 30.4 Å². The van der Waals surface area contributed by atoms with E-state index in [4.69, 9.17) is 15.7 Å². The highest BCUT2D eigenvalue weighted by molar-refractivity contribution is 5.92. The molecule has 1 aliphatic rings. The summed E-state index contributed by atoms with van der Waals surface area (Å²) in [5.41, 5.74) is 16.0. The van der Waals surface area contributed by atoms with Crippen molar-refractivity contribution in [3.8, 4) is 33.6 Å². The number of aromatic nitrogens is 4. The van der Waals surface area contributed by atoms with Crippen LogP contribution in [0.15, 0.2) is 116 Å². The van der Waals surface area contributed by atoms with Gasteiger partial charge in [0.25, 0.3) is 0 Å². The molecule has 0 spiro atoms. The van der Waals surface area contributed by atoms with Gasteiger partial charge in [-0.15, -0.1) is 4.68 Å². The molecule has 39 heavy (non-hydrogen) atoms. The normalized spacial score (nSPS) is 14.3. The molecule has 0 amide bonds. The Bertz CT molecular complexity index is 1750. The molecule has 3 N–H and O–H groups in total. The topological polar surface area (TPSA) is 71.5 Å². The van der Waals surface area contributed by atoms with Gasteiger partial charge in [-0.1, -0.05) is 84.9 Å². The Hall–Kier alpha value is -4.61. The van der Waals surface area contributed by atoms with Crippen molar-refractivity contribution >= 4 is 10.9 Å². The fourth-order valence-corrected chi connectivity index (χ4v) is 5.51. The molecule has 5 nitrogen and oxygen atoms in total. The SMILES string of the molecule is NC1(c2ccc(-c3nc4cnc(-c5c[nH][n+](Cc6ccccc6)c5)cc4cc3-c3ccccc3)cc2)CCC1. The summed E-state index contributed by atoms with van der Waals surface area (Å²) in [5, 5.41) is 4.40. The minimum absolute atomic E-state index is 0.171. The van der Waals surface area contributed by atoms with E-state index in [1.807, 2.05) is 24.5 Å². The third kappa shape index (κ3) is 4.51. The van der Waals surface area contributed by atoms with Crippen LogP contribution in [0, 0.1) is 0 Å². The minimum atomic E-state index is -0.171. The van der Waals surface area contributed by atoms with E-state index in [9.17, 15) is 0 Å². The van der Waals surface area contributed by atoms with Crippen LogP contribution in [0.25, 0.3) is 44.5 Å². The lowest BCUT2D eigenvalue weighted by Gasteiger charge is -2.38. The predicted octanol–water partition coefficient (Wildman–Crippen LogP) is 6.63. The molecule has 0 saturated heterocycles. The van der Waals surface area contributed by atoms with Crippen LogP contribution in [-0.4, -0.2) is 15.1 Å². The number of fused-ring (bicyclic) bond motifs is 1. The number of aromatic amines is 1. The first-order valence-corrected chi connectivity index (χ1v) is 13.5. The van der Waals surface area contributed by atoms with Crippen molar-refractivity contribution < 1.29 is 4.68 Å². The maximum absolute atomic E-state index is 6.58. The molecule has 0 unspecified atom stereocenters. The molecule has 1 fully saturated rings. The fourth-order valence-electron chi connectivity index (χ4n) is 5.51.